The number of carbonyl (C=O) groups excluding carboxylic acids is 2. The second-order valence-corrected chi connectivity index (χ2v) is 3.06. The van der Waals surface area contributed by atoms with Crippen molar-refractivity contribution < 1.29 is 14.3 Å². The predicted octanol–water partition coefficient (Wildman–Crippen LogP) is 1.11. The summed E-state index contributed by atoms with van der Waals surface area (Å²) < 4.78 is 4.82. The second-order valence-electron chi connectivity index (χ2n) is 3.06. The van der Waals surface area contributed by atoms with Gasteiger partial charge in [0.05, 0.1) is 0 Å². The maximum absolute atomic E-state index is 11.2. The summed E-state index contributed by atoms with van der Waals surface area (Å²) in [6.45, 7) is 1.60. The quantitative estimate of drug-likeness (QED) is 0.755. The third-order valence-electron chi connectivity index (χ3n) is 1.89. The Kier molecular flexibility index (Phi) is 3.85. The smallest absolute Gasteiger partial charge is 0.302 e. The Morgan fingerprint density at radius 3 is 2.33 bits per heavy atom. The molecule has 15 heavy (non-hydrogen) atoms. The lowest BCUT2D eigenvalue weighted by Crippen LogP contribution is -2.17. The van der Waals surface area contributed by atoms with E-state index in [4.69, 9.17) is 4.74 Å². The third-order valence-corrected chi connectivity index (χ3v) is 1.89. The van der Waals surface area contributed by atoms with Gasteiger partial charge in [0, 0.05) is 19.5 Å². The van der Waals surface area contributed by atoms with Crippen LogP contribution in [0.25, 0.3) is 0 Å². The summed E-state index contributed by atoms with van der Waals surface area (Å²) in [6.07, 6.45) is 0. The molecule has 1 rings (SSSR count). The highest BCUT2D eigenvalue weighted by Gasteiger charge is 2.02. The zero-order chi connectivity index (χ0) is 11.3. The fourth-order valence-electron chi connectivity index (χ4n) is 1.08. The first kappa shape index (κ1) is 11.2. The Bertz CT molecular complexity index is 357. The number of carbonyl (C=O) groups is 2. The molecule has 4 heteroatoms. The minimum atomic E-state index is -0.314. The van der Waals surface area contributed by atoms with Crippen LogP contribution in [-0.4, -0.2) is 18.9 Å². The molecule has 4 nitrogen and oxygen atoms in total. The van der Waals surface area contributed by atoms with Crippen LogP contribution in [0.2, 0.25) is 0 Å². The van der Waals surface area contributed by atoms with Gasteiger partial charge < -0.3 is 10.1 Å². The first-order valence-corrected chi connectivity index (χ1v) is 4.58. The lowest BCUT2D eigenvalue weighted by Gasteiger charge is -2.03. The monoisotopic (exact) mass is 207 g/mol. The summed E-state index contributed by atoms with van der Waals surface area (Å²) in [4.78, 5) is 21.7. The highest BCUT2D eigenvalue weighted by atomic mass is 16.5. The van der Waals surface area contributed by atoms with Crippen molar-refractivity contribution in [3.05, 3.63) is 35.4 Å². The van der Waals surface area contributed by atoms with E-state index in [2.05, 4.69) is 5.32 Å². The molecule has 0 saturated carbocycles. The van der Waals surface area contributed by atoms with Crippen LogP contribution < -0.4 is 5.32 Å². The van der Waals surface area contributed by atoms with Crippen LogP contribution in [-0.2, 0) is 16.1 Å². The molecule has 0 heterocycles. The number of amides is 1. The molecule has 0 aliphatic heterocycles. The van der Waals surface area contributed by atoms with Crippen LogP contribution >= 0.6 is 0 Å². The summed E-state index contributed by atoms with van der Waals surface area (Å²) in [5.41, 5.74) is 1.45. The number of rotatable bonds is 3. The van der Waals surface area contributed by atoms with Gasteiger partial charge in [-0.3, -0.25) is 9.59 Å². The van der Waals surface area contributed by atoms with Gasteiger partial charge in [0.15, 0.2) is 0 Å². The van der Waals surface area contributed by atoms with Crippen LogP contribution in [0.3, 0.4) is 0 Å². The summed E-state index contributed by atoms with van der Waals surface area (Å²) in [6, 6.07) is 6.90. The van der Waals surface area contributed by atoms with Gasteiger partial charge in [0.1, 0.15) is 6.61 Å². The zero-order valence-corrected chi connectivity index (χ0v) is 8.74. The van der Waals surface area contributed by atoms with E-state index in [0.29, 0.717) is 5.56 Å². The normalized spacial score (nSPS) is 9.47. The molecule has 0 unspecified atom stereocenters. The zero-order valence-electron chi connectivity index (χ0n) is 8.74. The topological polar surface area (TPSA) is 55.4 Å². The maximum Gasteiger partial charge on any atom is 0.302 e. The number of hydrogen-bond donors (Lipinski definition) is 1. The van der Waals surface area contributed by atoms with Crippen LogP contribution in [0, 0.1) is 0 Å². The average molecular weight is 207 g/mol. The summed E-state index contributed by atoms with van der Waals surface area (Å²) in [5, 5.41) is 2.53. The molecule has 0 bridgehead atoms. The number of esters is 1. The molecule has 1 aromatic rings. The Morgan fingerprint density at radius 1 is 1.27 bits per heavy atom. The van der Waals surface area contributed by atoms with Crippen molar-refractivity contribution in [2.75, 3.05) is 7.05 Å². The van der Waals surface area contributed by atoms with Crippen molar-refractivity contribution in [1.29, 1.82) is 0 Å². The number of hydrogen-bond acceptors (Lipinski definition) is 3. The van der Waals surface area contributed by atoms with Gasteiger partial charge in [0.2, 0.25) is 0 Å². The van der Waals surface area contributed by atoms with Crippen LogP contribution in [0.4, 0.5) is 0 Å². The largest absolute Gasteiger partial charge is 0.461 e. The molecule has 0 atom stereocenters. The maximum atomic E-state index is 11.2. The molecule has 0 radical (unpaired) electrons. The Morgan fingerprint density at radius 2 is 1.87 bits per heavy atom. The second kappa shape index (κ2) is 5.14. The molecular weight excluding hydrogens is 194 g/mol. The number of benzene rings is 1. The van der Waals surface area contributed by atoms with Crippen molar-refractivity contribution in [2.24, 2.45) is 0 Å². The molecule has 1 aromatic carbocycles. The van der Waals surface area contributed by atoms with Crippen LogP contribution in [0.15, 0.2) is 24.3 Å². The molecule has 1 amide bonds. The average Bonchev–Trinajstić information content (AvgIpc) is 2.26. The summed E-state index contributed by atoms with van der Waals surface area (Å²) in [5.74, 6) is -0.445. The van der Waals surface area contributed by atoms with Gasteiger partial charge in [-0.25, -0.2) is 0 Å². The standard InChI is InChI=1S/C11H13NO3/c1-8(13)15-7-9-3-5-10(6-4-9)11(14)12-2/h3-6H,7H2,1-2H3,(H,12,14). The molecule has 0 aliphatic carbocycles. The molecule has 0 spiro atoms. The SMILES string of the molecule is CNC(=O)c1ccc(COC(C)=O)cc1. The van der Waals surface area contributed by atoms with Gasteiger partial charge in [-0.15, -0.1) is 0 Å². The highest BCUT2D eigenvalue weighted by Crippen LogP contribution is 2.05. The molecule has 0 saturated heterocycles. The van der Waals surface area contributed by atoms with E-state index >= 15 is 0 Å². The van der Waals surface area contributed by atoms with E-state index in [9.17, 15) is 9.59 Å². The highest BCUT2D eigenvalue weighted by molar-refractivity contribution is 5.93. The molecular formula is C11H13NO3. The van der Waals surface area contributed by atoms with E-state index < -0.39 is 0 Å². The van der Waals surface area contributed by atoms with Crippen molar-refractivity contribution >= 4 is 11.9 Å². The van der Waals surface area contributed by atoms with Gasteiger partial charge in [-0.05, 0) is 17.7 Å². The van der Waals surface area contributed by atoms with Crippen LogP contribution in [0.5, 0.6) is 0 Å². The van der Waals surface area contributed by atoms with Crippen molar-refractivity contribution in [3.63, 3.8) is 0 Å². The third kappa shape index (κ3) is 3.42. The van der Waals surface area contributed by atoms with Crippen molar-refractivity contribution in [3.8, 4) is 0 Å². The van der Waals surface area contributed by atoms with Gasteiger partial charge in [0.25, 0.3) is 5.91 Å². The Balaban J connectivity index is 2.64. The van der Waals surface area contributed by atoms with E-state index in [1.54, 1.807) is 31.3 Å². The van der Waals surface area contributed by atoms with E-state index in [1.807, 2.05) is 0 Å². The molecule has 0 aliphatic rings. The van der Waals surface area contributed by atoms with Crippen molar-refractivity contribution in [2.45, 2.75) is 13.5 Å². The minimum Gasteiger partial charge on any atom is -0.461 e. The summed E-state index contributed by atoms with van der Waals surface area (Å²) in [7, 11) is 1.58. The fourth-order valence-corrected chi connectivity index (χ4v) is 1.08. The van der Waals surface area contributed by atoms with E-state index in [-0.39, 0.29) is 18.5 Å². The summed E-state index contributed by atoms with van der Waals surface area (Å²) >= 11 is 0. The minimum absolute atomic E-state index is 0.131. The Labute approximate surface area is 88.2 Å². The number of nitrogens with one attached hydrogen (secondary N) is 1. The molecule has 0 fully saturated rings. The van der Waals surface area contributed by atoms with E-state index in [1.165, 1.54) is 6.92 Å². The van der Waals surface area contributed by atoms with Crippen molar-refractivity contribution in [1.82, 2.24) is 5.32 Å². The van der Waals surface area contributed by atoms with Crippen LogP contribution in [0.1, 0.15) is 22.8 Å². The first-order chi connectivity index (χ1) is 7.13. The molecule has 0 aromatic heterocycles. The Hall–Kier alpha value is -1.84. The van der Waals surface area contributed by atoms with Gasteiger partial charge in [-0.2, -0.15) is 0 Å². The first-order valence-electron chi connectivity index (χ1n) is 4.58. The van der Waals surface area contributed by atoms with Gasteiger partial charge >= 0.3 is 5.97 Å². The molecule has 80 valence electrons. The fraction of sp³-hybridized carbons (Fsp3) is 0.273. The number of ether oxygens (including phenoxy) is 1. The lowest BCUT2D eigenvalue weighted by molar-refractivity contribution is -0.142. The predicted molar refractivity (Wildman–Crippen MR) is 55.3 cm³/mol. The van der Waals surface area contributed by atoms with Gasteiger partial charge in [-0.1, -0.05) is 12.1 Å². The molecule has 1 N–H and O–H groups in total. The lowest BCUT2D eigenvalue weighted by atomic mass is 10.1. The van der Waals surface area contributed by atoms with E-state index in [0.717, 1.165) is 5.56 Å².